The Kier molecular flexibility index (Phi) is 3.73. The van der Waals surface area contributed by atoms with Crippen molar-refractivity contribution in [2.24, 2.45) is 0 Å². The number of aromatic nitrogens is 3. The maximum absolute atomic E-state index is 6.23. The molecule has 4 aromatic carbocycles. The van der Waals surface area contributed by atoms with Crippen LogP contribution in [-0.2, 0) is 0 Å². The van der Waals surface area contributed by atoms with Gasteiger partial charge in [-0.2, -0.15) is 0 Å². The molecule has 0 saturated heterocycles. The van der Waals surface area contributed by atoms with Gasteiger partial charge in [0.2, 0.25) is 0 Å². The van der Waals surface area contributed by atoms with Crippen LogP contribution < -0.4 is 0 Å². The van der Waals surface area contributed by atoms with Crippen molar-refractivity contribution < 1.29 is 4.42 Å². The monoisotopic (exact) mass is 425 g/mol. The normalized spacial score (nSPS) is 11.8. The van der Waals surface area contributed by atoms with Crippen LogP contribution in [-0.4, -0.2) is 14.6 Å². The van der Waals surface area contributed by atoms with Crippen molar-refractivity contribution >= 4 is 38.4 Å². The first-order valence-corrected chi connectivity index (χ1v) is 11.0. The van der Waals surface area contributed by atoms with Crippen molar-refractivity contribution in [2.45, 2.75) is 6.92 Å². The predicted octanol–water partition coefficient (Wildman–Crippen LogP) is 7.42. The molecule has 0 aliphatic heterocycles. The molecule has 0 atom stereocenters. The van der Waals surface area contributed by atoms with Crippen LogP contribution in [0, 0.1) is 6.92 Å². The van der Waals surface area contributed by atoms with Crippen LogP contribution in [0.15, 0.2) is 102 Å². The Balaban J connectivity index is 1.37. The summed E-state index contributed by atoms with van der Waals surface area (Å²) in [6.45, 7) is 2.13. The van der Waals surface area contributed by atoms with Gasteiger partial charge in [0.25, 0.3) is 0 Å². The molecular weight excluding hydrogens is 406 g/mol. The lowest BCUT2D eigenvalue weighted by molar-refractivity contribution is 0.670. The summed E-state index contributed by atoms with van der Waals surface area (Å²) in [5.74, 6) is 0.840. The van der Waals surface area contributed by atoms with Crippen LogP contribution in [0.1, 0.15) is 5.56 Å². The number of rotatable bonds is 2. The van der Waals surface area contributed by atoms with Gasteiger partial charge in [-0.25, -0.2) is 0 Å². The molecule has 0 aliphatic rings. The second-order valence-electron chi connectivity index (χ2n) is 8.43. The second-order valence-corrected chi connectivity index (χ2v) is 8.43. The zero-order chi connectivity index (χ0) is 21.9. The first kappa shape index (κ1) is 18.2. The number of furan rings is 1. The standard InChI is InChI=1S/C29H19N3O/c1-18-17-32-28(30-31-29(32)25-9-3-2-7-21(18)25)20-15-13-19(14-16-20)22-10-6-11-24-23-8-4-5-12-26(23)33-27(22)24/h2-17H,1H3. The van der Waals surface area contributed by atoms with Crippen LogP contribution >= 0.6 is 0 Å². The lowest BCUT2D eigenvalue weighted by Crippen LogP contribution is -1.93. The first-order valence-electron chi connectivity index (χ1n) is 11.0. The van der Waals surface area contributed by atoms with E-state index in [0.717, 1.165) is 55.5 Å². The summed E-state index contributed by atoms with van der Waals surface area (Å²) in [6, 6.07) is 31.3. The zero-order valence-electron chi connectivity index (χ0n) is 18.0. The smallest absolute Gasteiger partial charge is 0.168 e. The minimum Gasteiger partial charge on any atom is -0.455 e. The van der Waals surface area contributed by atoms with Crippen molar-refractivity contribution in [3.8, 4) is 22.5 Å². The maximum Gasteiger partial charge on any atom is 0.168 e. The molecule has 0 bridgehead atoms. The van der Waals surface area contributed by atoms with Crippen molar-refractivity contribution in [2.75, 3.05) is 0 Å². The summed E-state index contributed by atoms with van der Waals surface area (Å²) in [4.78, 5) is 0. The quantitative estimate of drug-likeness (QED) is 0.289. The van der Waals surface area contributed by atoms with E-state index >= 15 is 0 Å². The third kappa shape index (κ3) is 2.64. The number of hydrogen-bond donors (Lipinski definition) is 0. The molecule has 33 heavy (non-hydrogen) atoms. The number of hydrogen-bond acceptors (Lipinski definition) is 3. The number of para-hydroxylation sites is 2. The zero-order valence-corrected chi connectivity index (χ0v) is 18.0. The summed E-state index contributed by atoms with van der Waals surface area (Å²) in [5.41, 5.74) is 7.13. The highest BCUT2D eigenvalue weighted by molar-refractivity contribution is 6.09. The molecule has 3 heterocycles. The van der Waals surface area contributed by atoms with E-state index in [4.69, 9.17) is 4.42 Å². The Morgan fingerprint density at radius 1 is 0.636 bits per heavy atom. The third-order valence-electron chi connectivity index (χ3n) is 6.47. The van der Waals surface area contributed by atoms with Crippen molar-refractivity contribution in [3.05, 3.63) is 103 Å². The van der Waals surface area contributed by atoms with Crippen molar-refractivity contribution in [1.29, 1.82) is 0 Å². The minimum absolute atomic E-state index is 0.840. The molecule has 4 nitrogen and oxygen atoms in total. The first-order chi connectivity index (χ1) is 16.3. The topological polar surface area (TPSA) is 43.3 Å². The Morgan fingerprint density at radius 2 is 1.33 bits per heavy atom. The van der Waals surface area contributed by atoms with Gasteiger partial charge in [-0.15, -0.1) is 10.2 Å². The summed E-state index contributed by atoms with van der Waals surface area (Å²) >= 11 is 0. The third-order valence-corrected chi connectivity index (χ3v) is 6.47. The van der Waals surface area contributed by atoms with Gasteiger partial charge in [-0.3, -0.25) is 4.40 Å². The van der Waals surface area contributed by atoms with Gasteiger partial charge in [0.15, 0.2) is 11.5 Å². The SMILES string of the molecule is Cc1cn2c(-c3ccc(-c4cccc5c4oc4ccccc45)cc3)nnc2c2ccccc12. The van der Waals surface area contributed by atoms with E-state index < -0.39 is 0 Å². The molecule has 0 N–H and O–H groups in total. The Bertz CT molecular complexity index is 1820. The van der Waals surface area contributed by atoms with Gasteiger partial charge in [0, 0.05) is 33.5 Å². The number of benzene rings is 4. The van der Waals surface area contributed by atoms with E-state index in [2.05, 4.69) is 94.4 Å². The molecule has 4 heteroatoms. The molecule has 0 saturated carbocycles. The largest absolute Gasteiger partial charge is 0.455 e. The van der Waals surface area contributed by atoms with Gasteiger partial charge in [0.1, 0.15) is 11.2 Å². The van der Waals surface area contributed by atoms with Crippen LogP contribution in [0.25, 0.3) is 60.9 Å². The van der Waals surface area contributed by atoms with E-state index in [1.54, 1.807) is 0 Å². The molecule has 0 radical (unpaired) electrons. The van der Waals surface area contributed by atoms with E-state index in [-0.39, 0.29) is 0 Å². The maximum atomic E-state index is 6.23. The highest BCUT2D eigenvalue weighted by Crippen LogP contribution is 2.36. The molecule has 3 aromatic heterocycles. The summed E-state index contributed by atoms with van der Waals surface area (Å²) < 4.78 is 8.32. The molecule has 0 aliphatic carbocycles. The highest BCUT2D eigenvalue weighted by Gasteiger charge is 2.14. The van der Waals surface area contributed by atoms with E-state index in [9.17, 15) is 0 Å². The Morgan fingerprint density at radius 3 is 2.18 bits per heavy atom. The second kappa shape index (κ2) is 6.78. The highest BCUT2D eigenvalue weighted by atomic mass is 16.3. The Labute approximate surface area is 189 Å². The molecule has 0 unspecified atom stereocenters. The molecule has 0 fully saturated rings. The average molecular weight is 425 g/mol. The number of fused-ring (bicyclic) bond motifs is 6. The van der Waals surface area contributed by atoms with Gasteiger partial charge >= 0.3 is 0 Å². The summed E-state index contributed by atoms with van der Waals surface area (Å²) in [6.07, 6.45) is 2.12. The van der Waals surface area contributed by atoms with Crippen LogP contribution in [0.2, 0.25) is 0 Å². The minimum atomic E-state index is 0.840. The number of aryl methyl sites for hydroxylation is 1. The lowest BCUT2D eigenvalue weighted by Gasteiger charge is -2.07. The molecule has 156 valence electrons. The fraction of sp³-hybridized carbons (Fsp3) is 0.0345. The van der Waals surface area contributed by atoms with Gasteiger partial charge in [0.05, 0.1) is 0 Å². The molecule has 0 amide bonds. The average Bonchev–Trinajstić information content (AvgIpc) is 3.46. The number of nitrogens with zero attached hydrogens (tertiary/aromatic N) is 3. The van der Waals surface area contributed by atoms with Gasteiger partial charge < -0.3 is 4.42 Å². The predicted molar refractivity (Wildman–Crippen MR) is 133 cm³/mol. The molecule has 0 spiro atoms. The van der Waals surface area contributed by atoms with E-state index in [0.29, 0.717) is 0 Å². The number of pyridine rings is 1. The van der Waals surface area contributed by atoms with Crippen LogP contribution in [0.4, 0.5) is 0 Å². The summed E-state index contributed by atoms with van der Waals surface area (Å²) in [5, 5.41) is 13.6. The molecule has 7 aromatic rings. The Hall–Kier alpha value is -4.44. The van der Waals surface area contributed by atoms with Gasteiger partial charge in [-0.05, 0) is 29.5 Å². The summed E-state index contributed by atoms with van der Waals surface area (Å²) in [7, 11) is 0. The molecular formula is C29H19N3O. The van der Waals surface area contributed by atoms with Crippen molar-refractivity contribution in [3.63, 3.8) is 0 Å². The lowest BCUT2D eigenvalue weighted by atomic mass is 10.0. The molecule has 7 rings (SSSR count). The van der Waals surface area contributed by atoms with Gasteiger partial charge in [-0.1, -0.05) is 84.9 Å². The van der Waals surface area contributed by atoms with Crippen LogP contribution in [0.3, 0.4) is 0 Å². The fourth-order valence-electron chi connectivity index (χ4n) is 4.85. The van der Waals surface area contributed by atoms with E-state index in [1.165, 1.54) is 10.9 Å². The van der Waals surface area contributed by atoms with Crippen LogP contribution in [0.5, 0.6) is 0 Å². The van der Waals surface area contributed by atoms with E-state index in [1.807, 2.05) is 24.3 Å². The van der Waals surface area contributed by atoms with Crippen molar-refractivity contribution in [1.82, 2.24) is 14.6 Å². The fourth-order valence-corrected chi connectivity index (χ4v) is 4.85.